The Morgan fingerprint density at radius 3 is 2.14 bits per heavy atom. The van der Waals surface area contributed by atoms with Gasteiger partial charge in [-0.2, -0.15) is 13.2 Å². The number of alkyl halides is 3. The van der Waals surface area contributed by atoms with Crippen LogP contribution in [-0.4, -0.2) is 43.2 Å². The van der Waals surface area contributed by atoms with E-state index in [1.54, 1.807) is 6.07 Å². The second kappa shape index (κ2) is 7.66. The maximum Gasteiger partial charge on any atom is 0.419 e. The first-order valence-corrected chi connectivity index (χ1v) is 9.82. The van der Waals surface area contributed by atoms with E-state index < -0.39 is 11.7 Å². The Morgan fingerprint density at radius 2 is 1.50 bits per heavy atom. The molecule has 6 heteroatoms. The molecular weight excluding hydrogens is 365 g/mol. The van der Waals surface area contributed by atoms with Crippen LogP contribution in [0.3, 0.4) is 0 Å². The van der Waals surface area contributed by atoms with Crippen molar-refractivity contribution in [1.29, 1.82) is 0 Å². The van der Waals surface area contributed by atoms with Crippen molar-refractivity contribution in [3.8, 4) is 5.75 Å². The van der Waals surface area contributed by atoms with Crippen LogP contribution >= 0.6 is 0 Å². The molecule has 2 aliphatic rings. The first-order chi connectivity index (χ1) is 13.5. The zero-order chi connectivity index (χ0) is 19.6. The summed E-state index contributed by atoms with van der Waals surface area (Å²) in [4.78, 5) is 4.81. The Balaban J connectivity index is 1.28. The van der Waals surface area contributed by atoms with E-state index in [1.807, 2.05) is 6.07 Å². The number of para-hydroxylation sites is 2. The van der Waals surface area contributed by atoms with Crippen molar-refractivity contribution in [2.75, 3.05) is 37.7 Å². The molecule has 28 heavy (non-hydrogen) atoms. The van der Waals surface area contributed by atoms with E-state index in [1.165, 1.54) is 24.2 Å². The molecule has 150 valence electrons. The van der Waals surface area contributed by atoms with Crippen molar-refractivity contribution < 1.29 is 17.9 Å². The highest BCUT2D eigenvalue weighted by atomic mass is 19.4. The predicted molar refractivity (Wildman–Crippen MR) is 104 cm³/mol. The number of piperidine rings is 1. The van der Waals surface area contributed by atoms with Gasteiger partial charge in [0.1, 0.15) is 12.4 Å². The van der Waals surface area contributed by atoms with Crippen molar-refractivity contribution >= 4 is 5.69 Å². The summed E-state index contributed by atoms with van der Waals surface area (Å²) in [5.74, 6) is -0.0854. The first-order valence-electron chi connectivity index (χ1n) is 9.82. The molecule has 2 aromatic carbocycles. The van der Waals surface area contributed by atoms with Crippen molar-refractivity contribution in [1.82, 2.24) is 4.90 Å². The van der Waals surface area contributed by atoms with Crippen LogP contribution in [0.5, 0.6) is 5.75 Å². The minimum absolute atomic E-state index is 0.0854. The van der Waals surface area contributed by atoms with Gasteiger partial charge in [0, 0.05) is 37.4 Å². The summed E-state index contributed by atoms with van der Waals surface area (Å²) < 4.78 is 44.6. The highest BCUT2D eigenvalue weighted by Crippen LogP contribution is 2.43. The molecule has 3 nitrogen and oxygen atoms in total. The SMILES string of the molecule is FC(F)(F)c1ccccc1OCCN1CCC2(CC1)CCN2c1ccccc1. The lowest BCUT2D eigenvalue weighted by atomic mass is 9.76. The summed E-state index contributed by atoms with van der Waals surface area (Å²) in [5.41, 5.74) is 0.830. The predicted octanol–water partition coefficient (Wildman–Crippen LogP) is 4.83. The zero-order valence-corrected chi connectivity index (χ0v) is 15.8. The lowest BCUT2D eigenvalue weighted by molar-refractivity contribution is -0.139. The Morgan fingerprint density at radius 1 is 0.857 bits per heavy atom. The second-order valence-corrected chi connectivity index (χ2v) is 7.65. The Kier molecular flexibility index (Phi) is 5.23. The van der Waals surface area contributed by atoms with E-state index in [2.05, 4.69) is 34.1 Å². The van der Waals surface area contributed by atoms with Gasteiger partial charge < -0.3 is 9.64 Å². The maximum atomic E-state index is 13.0. The third-order valence-corrected chi connectivity index (χ3v) is 6.09. The van der Waals surface area contributed by atoms with Gasteiger partial charge in [-0.1, -0.05) is 30.3 Å². The molecule has 2 heterocycles. The fourth-order valence-electron chi connectivity index (χ4n) is 4.37. The van der Waals surface area contributed by atoms with Crippen LogP contribution in [0.4, 0.5) is 18.9 Å². The minimum atomic E-state index is -4.39. The van der Waals surface area contributed by atoms with Gasteiger partial charge in [0.05, 0.1) is 5.56 Å². The third kappa shape index (κ3) is 3.83. The fourth-order valence-corrected chi connectivity index (χ4v) is 4.37. The van der Waals surface area contributed by atoms with Crippen LogP contribution in [0.1, 0.15) is 24.8 Å². The van der Waals surface area contributed by atoms with Crippen molar-refractivity contribution in [3.63, 3.8) is 0 Å². The highest BCUT2D eigenvalue weighted by molar-refractivity contribution is 5.52. The standard InChI is InChI=1S/C22H25F3N2O/c23-22(24,25)19-8-4-5-9-20(19)28-17-16-26-13-10-21(11-14-26)12-15-27(21)18-6-2-1-3-7-18/h1-9H,10-17H2. The molecule has 2 fully saturated rings. The molecule has 0 bridgehead atoms. The van der Waals surface area contributed by atoms with E-state index in [9.17, 15) is 13.2 Å². The molecular formula is C22H25F3N2O. The Bertz CT molecular complexity index is 786. The summed E-state index contributed by atoms with van der Waals surface area (Å²) in [6.45, 7) is 3.92. The number of anilines is 1. The first kappa shape index (κ1) is 19.1. The van der Waals surface area contributed by atoms with Gasteiger partial charge in [-0.3, -0.25) is 4.90 Å². The second-order valence-electron chi connectivity index (χ2n) is 7.65. The van der Waals surface area contributed by atoms with Gasteiger partial charge in [-0.25, -0.2) is 0 Å². The lowest BCUT2D eigenvalue weighted by Gasteiger charge is -2.58. The molecule has 1 spiro atoms. The number of hydrogen-bond acceptors (Lipinski definition) is 3. The number of halogens is 3. The topological polar surface area (TPSA) is 15.7 Å². The van der Waals surface area contributed by atoms with Crippen molar-refractivity contribution in [2.24, 2.45) is 0 Å². The number of ether oxygens (including phenoxy) is 1. The third-order valence-electron chi connectivity index (χ3n) is 6.09. The normalized spacial score (nSPS) is 19.5. The van der Waals surface area contributed by atoms with Gasteiger partial charge in [0.15, 0.2) is 0 Å². The van der Waals surface area contributed by atoms with Gasteiger partial charge in [-0.15, -0.1) is 0 Å². The number of benzene rings is 2. The van der Waals surface area contributed by atoms with E-state index in [0.717, 1.165) is 38.5 Å². The Hall–Kier alpha value is -2.21. The van der Waals surface area contributed by atoms with Crippen LogP contribution in [0.2, 0.25) is 0 Å². The van der Waals surface area contributed by atoms with Crippen LogP contribution in [0.15, 0.2) is 54.6 Å². The molecule has 0 atom stereocenters. The van der Waals surface area contributed by atoms with E-state index in [-0.39, 0.29) is 17.9 Å². The minimum Gasteiger partial charge on any atom is -0.492 e. The fraction of sp³-hybridized carbons (Fsp3) is 0.455. The molecule has 2 aromatic rings. The maximum absolute atomic E-state index is 13.0. The molecule has 4 rings (SSSR count). The van der Waals surface area contributed by atoms with Gasteiger partial charge in [0.2, 0.25) is 0 Å². The molecule has 0 radical (unpaired) electrons. The van der Waals surface area contributed by atoms with Crippen LogP contribution in [0, 0.1) is 0 Å². The monoisotopic (exact) mass is 390 g/mol. The molecule has 0 unspecified atom stereocenters. The summed E-state index contributed by atoms with van der Waals surface area (Å²) in [6, 6.07) is 15.9. The van der Waals surface area contributed by atoms with E-state index in [4.69, 9.17) is 4.74 Å². The summed E-state index contributed by atoms with van der Waals surface area (Å²) in [7, 11) is 0. The summed E-state index contributed by atoms with van der Waals surface area (Å²) in [6.07, 6.45) is -1.01. The number of rotatable bonds is 5. The molecule has 0 aliphatic carbocycles. The molecule has 0 N–H and O–H groups in total. The van der Waals surface area contributed by atoms with Gasteiger partial charge in [-0.05, 0) is 43.5 Å². The van der Waals surface area contributed by atoms with Gasteiger partial charge in [0.25, 0.3) is 0 Å². The number of nitrogens with zero attached hydrogens (tertiary/aromatic N) is 2. The average Bonchev–Trinajstić information content (AvgIpc) is 2.68. The Labute approximate surface area is 163 Å². The number of hydrogen-bond donors (Lipinski definition) is 0. The zero-order valence-electron chi connectivity index (χ0n) is 15.8. The van der Waals surface area contributed by atoms with Crippen LogP contribution in [0.25, 0.3) is 0 Å². The van der Waals surface area contributed by atoms with Crippen molar-refractivity contribution in [2.45, 2.75) is 31.0 Å². The molecule has 2 saturated heterocycles. The summed E-state index contributed by atoms with van der Waals surface area (Å²) >= 11 is 0. The quantitative estimate of drug-likeness (QED) is 0.727. The van der Waals surface area contributed by atoms with E-state index in [0.29, 0.717) is 6.54 Å². The average molecular weight is 390 g/mol. The number of likely N-dealkylation sites (tertiary alicyclic amines) is 1. The largest absolute Gasteiger partial charge is 0.492 e. The van der Waals surface area contributed by atoms with Crippen molar-refractivity contribution in [3.05, 3.63) is 60.2 Å². The highest BCUT2D eigenvalue weighted by Gasteiger charge is 2.46. The molecule has 2 aliphatic heterocycles. The summed E-state index contributed by atoms with van der Waals surface area (Å²) in [5, 5.41) is 0. The molecule has 0 aromatic heterocycles. The lowest BCUT2D eigenvalue weighted by Crippen LogP contribution is -2.64. The van der Waals surface area contributed by atoms with Crippen LogP contribution in [-0.2, 0) is 6.18 Å². The van der Waals surface area contributed by atoms with Crippen LogP contribution < -0.4 is 9.64 Å². The smallest absolute Gasteiger partial charge is 0.419 e. The molecule has 0 saturated carbocycles. The van der Waals surface area contributed by atoms with Gasteiger partial charge >= 0.3 is 6.18 Å². The van der Waals surface area contributed by atoms with E-state index >= 15 is 0 Å². The molecule has 0 amide bonds.